The van der Waals surface area contributed by atoms with Crippen LogP contribution in [-0.4, -0.2) is 32.0 Å². The first kappa shape index (κ1) is 14.3. The lowest BCUT2D eigenvalue weighted by Gasteiger charge is -2.06. The van der Waals surface area contributed by atoms with Gasteiger partial charge in [-0.1, -0.05) is 5.21 Å². The van der Waals surface area contributed by atoms with E-state index in [1.54, 1.807) is 36.4 Å². The molecule has 116 valence electrons. The number of anilines is 2. The molecule has 3 aromatic rings. The predicted octanol–water partition coefficient (Wildman–Crippen LogP) is 1.39. The molecule has 0 aliphatic rings. The molecule has 0 saturated carbocycles. The lowest BCUT2D eigenvalue weighted by Crippen LogP contribution is -2.11. The molecule has 0 unspecified atom stereocenters. The fourth-order valence-corrected chi connectivity index (χ4v) is 1.92. The van der Waals surface area contributed by atoms with E-state index in [-0.39, 0.29) is 23.2 Å². The molecule has 9 heteroatoms. The first-order valence-corrected chi connectivity index (χ1v) is 6.46. The van der Waals surface area contributed by atoms with E-state index in [4.69, 9.17) is 15.3 Å². The van der Waals surface area contributed by atoms with Gasteiger partial charge in [0.1, 0.15) is 0 Å². The summed E-state index contributed by atoms with van der Waals surface area (Å²) in [5.41, 5.74) is 6.42. The van der Waals surface area contributed by atoms with Crippen molar-refractivity contribution in [2.45, 2.75) is 0 Å². The number of carbonyl (C=O) groups excluding carboxylic acids is 1. The maximum atomic E-state index is 11.8. The summed E-state index contributed by atoms with van der Waals surface area (Å²) < 4.78 is 6.19. The fourth-order valence-electron chi connectivity index (χ4n) is 1.92. The van der Waals surface area contributed by atoms with E-state index in [1.165, 1.54) is 10.9 Å². The zero-order valence-corrected chi connectivity index (χ0v) is 11.6. The van der Waals surface area contributed by atoms with Crippen LogP contribution in [0.4, 0.5) is 11.5 Å². The molecule has 2 aromatic heterocycles. The normalized spacial score (nSPS) is 10.4. The third kappa shape index (κ3) is 2.75. The zero-order valence-electron chi connectivity index (χ0n) is 11.6. The number of aromatic carboxylic acids is 1. The molecule has 0 radical (unpaired) electrons. The number of amides is 1. The van der Waals surface area contributed by atoms with Gasteiger partial charge in [-0.3, -0.25) is 4.79 Å². The quantitative estimate of drug-likeness (QED) is 0.662. The van der Waals surface area contributed by atoms with Gasteiger partial charge in [0.25, 0.3) is 5.91 Å². The highest BCUT2D eigenvalue weighted by Crippen LogP contribution is 2.18. The van der Waals surface area contributed by atoms with Crippen molar-refractivity contribution < 1.29 is 19.1 Å². The van der Waals surface area contributed by atoms with E-state index < -0.39 is 5.97 Å². The standard InChI is InChI=1S/C14H11N5O4/c15-12-11(14(21)22)17-18-19(12)9-5-3-8(4-6-9)16-13(20)10-2-1-7-23-10/h1-7H,15H2,(H,16,20)(H,21,22). The number of nitrogens with two attached hydrogens (primary N) is 1. The Labute approximate surface area is 129 Å². The van der Waals surface area contributed by atoms with E-state index in [9.17, 15) is 9.59 Å². The summed E-state index contributed by atoms with van der Waals surface area (Å²) >= 11 is 0. The second-order valence-corrected chi connectivity index (χ2v) is 4.52. The monoisotopic (exact) mass is 313 g/mol. The maximum absolute atomic E-state index is 11.8. The molecule has 1 aromatic carbocycles. The van der Waals surface area contributed by atoms with Crippen molar-refractivity contribution in [1.29, 1.82) is 0 Å². The van der Waals surface area contributed by atoms with Gasteiger partial charge in [-0.15, -0.1) is 5.10 Å². The SMILES string of the molecule is Nc1c(C(=O)O)nnn1-c1ccc(NC(=O)c2ccco2)cc1. The second kappa shape index (κ2) is 5.64. The highest BCUT2D eigenvalue weighted by Gasteiger charge is 2.17. The van der Waals surface area contributed by atoms with Crippen LogP contribution in [0.15, 0.2) is 47.1 Å². The molecular formula is C14H11N5O4. The van der Waals surface area contributed by atoms with E-state index >= 15 is 0 Å². The van der Waals surface area contributed by atoms with Gasteiger partial charge in [0.05, 0.1) is 12.0 Å². The summed E-state index contributed by atoms with van der Waals surface area (Å²) in [7, 11) is 0. The summed E-state index contributed by atoms with van der Waals surface area (Å²) in [5.74, 6) is -1.52. The summed E-state index contributed by atoms with van der Waals surface area (Å²) in [6.45, 7) is 0. The molecule has 23 heavy (non-hydrogen) atoms. The molecule has 0 bridgehead atoms. The van der Waals surface area contributed by atoms with Crippen molar-refractivity contribution in [2.24, 2.45) is 0 Å². The number of nitrogens with zero attached hydrogens (tertiary/aromatic N) is 3. The Morgan fingerprint density at radius 3 is 2.52 bits per heavy atom. The Hall–Kier alpha value is -3.62. The Kier molecular flexibility index (Phi) is 3.51. The van der Waals surface area contributed by atoms with Gasteiger partial charge in [0, 0.05) is 5.69 Å². The summed E-state index contributed by atoms with van der Waals surface area (Å²) in [6, 6.07) is 9.65. The maximum Gasteiger partial charge on any atom is 0.360 e. The first-order valence-electron chi connectivity index (χ1n) is 6.46. The number of carboxylic acid groups (broad SMARTS) is 1. The highest BCUT2D eigenvalue weighted by molar-refractivity contribution is 6.02. The number of furan rings is 1. The highest BCUT2D eigenvalue weighted by atomic mass is 16.4. The van der Waals surface area contributed by atoms with Gasteiger partial charge >= 0.3 is 5.97 Å². The second-order valence-electron chi connectivity index (χ2n) is 4.52. The van der Waals surface area contributed by atoms with Crippen LogP contribution in [0.3, 0.4) is 0 Å². The molecule has 0 saturated heterocycles. The molecule has 9 nitrogen and oxygen atoms in total. The molecule has 2 heterocycles. The largest absolute Gasteiger partial charge is 0.476 e. The number of nitrogen functional groups attached to an aromatic ring is 1. The number of rotatable bonds is 4. The van der Waals surface area contributed by atoms with Crippen LogP contribution < -0.4 is 11.1 Å². The predicted molar refractivity (Wildman–Crippen MR) is 79.4 cm³/mol. The Bertz CT molecular complexity index is 852. The van der Waals surface area contributed by atoms with Crippen molar-refractivity contribution in [3.63, 3.8) is 0 Å². The number of nitrogens with one attached hydrogen (secondary N) is 1. The molecule has 4 N–H and O–H groups in total. The minimum absolute atomic E-state index is 0.0788. The molecule has 0 aliphatic heterocycles. The number of hydrogen-bond donors (Lipinski definition) is 3. The third-order valence-corrected chi connectivity index (χ3v) is 3.02. The summed E-state index contributed by atoms with van der Waals surface area (Å²) in [6.07, 6.45) is 1.41. The van der Waals surface area contributed by atoms with E-state index in [0.717, 1.165) is 0 Å². The average Bonchev–Trinajstić information content (AvgIpc) is 3.17. The van der Waals surface area contributed by atoms with Crippen LogP contribution in [0.2, 0.25) is 0 Å². The van der Waals surface area contributed by atoms with E-state index in [0.29, 0.717) is 11.4 Å². The molecule has 0 aliphatic carbocycles. The zero-order chi connectivity index (χ0) is 16.4. The van der Waals surface area contributed by atoms with Gasteiger partial charge in [0.2, 0.25) is 5.69 Å². The van der Waals surface area contributed by atoms with Gasteiger partial charge in [-0.2, -0.15) is 4.68 Å². The van der Waals surface area contributed by atoms with E-state index in [2.05, 4.69) is 15.6 Å². The van der Waals surface area contributed by atoms with Gasteiger partial charge < -0.3 is 20.6 Å². The van der Waals surface area contributed by atoms with Crippen molar-refractivity contribution in [2.75, 3.05) is 11.1 Å². The number of aromatic nitrogens is 3. The van der Waals surface area contributed by atoms with Gasteiger partial charge in [0.15, 0.2) is 11.6 Å². The minimum Gasteiger partial charge on any atom is -0.476 e. The van der Waals surface area contributed by atoms with Crippen molar-refractivity contribution >= 4 is 23.4 Å². The van der Waals surface area contributed by atoms with Gasteiger partial charge in [-0.25, -0.2) is 4.79 Å². The Balaban J connectivity index is 1.80. The third-order valence-electron chi connectivity index (χ3n) is 3.02. The van der Waals surface area contributed by atoms with Crippen LogP contribution in [0.5, 0.6) is 0 Å². The molecule has 1 amide bonds. The smallest absolute Gasteiger partial charge is 0.360 e. The van der Waals surface area contributed by atoms with Crippen molar-refractivity contribution in [3.05, 3.63) is 54.1 Å². The Morgan fingerprint density at radius 1 is 1.22 bits per heavy atom. The van der Waals surface area contributed by atoms with Crippen LogP contribution in [0, 0.1) is 0 Å². The summed E-state index contributed by atoms with van der Waals surface area (Å²) in [4.78, 5) is 22.7. The van der Waals surface area contributed by atoms with Crippen LogP contribution in [-0.2, 0) is 0 Å². The molecule has 3 rings (SSSR count). The average molecular weight is 313 g/mol. The van der Waals surface area contributed by atoms with Crippen LogP contribution in [0.1, 0.15) is 21.0 Å². The van der Waals surface area contributed by atoms with Crippen molar-refractivity contribution in [1.82, 2.24) is 15.0 Å². The van der Waals surface area contributed by atoms with Crippen LogP contribution >= 0.6 is 0 Å². The first-order chi connectivity index (χ1) is 11.1. The minimum atomic E-state index is -1.25. The number of hydrogen-bond acceptors (Lipinski definition) is 6. The number of carbonyl (C=O) groups is 2. The summed E-state index contributed by atoms with van der Waals surface area (Å²) in [5, 5.41) is 18.8. The Morgan fingerprint density at radius 2 is 1.96 bits per heavy atom. The van der Waals surface area contributed by atoms with E-state index in [1.807, 2.05) is 0 Å². The fraction of sp³-hybridized carbons (Fsp3) is 0. The molecular weight excluding hydrogens is 302 g/mol. The molecule has 0 atom stereocenters. The molecule has 0 fully saturated rings. The lowest BCUT2D eigenvalue weighted by molar-refractivity contribution is 0.0691. The van der Waals surface area contributed by atoms with Crippen LogP contribution in [0.25, 0.3) is 5.69 Å². The van der Waals surface area contributed by atoms with Gasteiger partial charge in [-0.05, 0) is 36.4 Å². The lowest BCUT2D eigenvalue weighted by atomic mass is 10.2. The van der Waals surface area contributed by atoms with Crippen molar-refractivity contribution in [3.8, 4) is 5.69 Å². The number of carboxylic acids is 1. The topological polar surface area (TPSA) is 136 Å². The molecule has 0 spiro atoms. The number of benzene rings is 1.